The summed E-state index contributed by atoms with van der Waals surface area (Å²) < 4.78 is 5.30. The second kappa shape index (κ2) is 6.16. The molecule has 0 bridgehead atoms. The van der Waals surface area contributed by atoms with Crippen LogP contribution in [0, 0.1) is 0 Å². The topological polar surface area (TPSA) is 77.0 Å². The van der Waals surface area contributed by atoms with Gasteiger partial charge < -0.3 is 15.5 Å². The first-order chi connectivity index (χ1) is 8.78. The number of hydrogen-bond donors (Lipinski definition) is 2. The van der Waals surface area contributed by atoms with Crippen LogP contribution < -0.4 is 11.1 Å². The van der Waals surface area contributed by atoms with Crippen LogP contribution in [-0.4, -0.2) is 16.2 Å². The molecule has 0 aliphatic rings. The van der Waals surface area contributed by atoms with Crippen LogP contribution >= 0.6 is 0 Å². The molecule has 0 aliphatic carbocycles. The molecule has 1 aromatic carbocycles. The normalized spacial score (nSPS) is 12.3. The van der Waals surface area contributed by atoms with Crippen molar-refractivity contribution in [1.29, 1.82) is 0 Å². The Labute approximate surface area is 106 Å². The van der Waals surface area contributed by atoms with Gasteiger partial charge in [-0.1, -0.05) is 35.4 Å². The van der Waals surface area contributed by atoms with E-state index in [2.05, 4.69) is 46.7 Å². The lowest BCUT2D eigenvalue weighted by atomic mass is 10.1. The predicted octanol–water partition coefficient (Wildman–Crippen LogP) is 1.96. The van der Waals surface area contributed by atoms with E-state index < -0.39 is 0 Å². The Bertz CT molecular complexity index is 469. The quantitative estimate of drug-likeness (QED) is 0.814. The lowest BCUT2D eigenvalue weighted by molar-refractivity contribution is 0.500. The molecule has 18 heavy (non-hydrogen) atoms. The minimum Gasteiger partial charge on any atom is -0.407 e. The number of rotatable bonds is 6. The first kappa shape index (κ1) is 12.6. The average Bonchev–Trinajstić information content (AvgIpc) is 2.85. The van der Waals surface area contributed by atoms with Gasteiger partial charge in [0.1, 0.15) is 0 Å². The molecule has 0 spiro atoms. The average molecular weight is 246 g/mol. The number of aromatic nitrogens is 2. The van der Waals surface area contributed by atoms with E-state index >= 15 is 0 Å². The van der Waals surface area contributed by atoms with E-state index in [1.165, 1.54) is 5.56 Å². The first-order valence-electron chi connectivity index (χ1n) is 6.11. The molecule has 1 heterocycles. The molecule has 0 saturated carbocycles. The maximum absolute atomic E-state index is 5.40. The van der Waals surface area contributed by atoms with Crippen molar-refractivity contribution < 1.29 is 4.42 Å². The highest BCUT2D eigenvalue weighted by molar-refractivity contribution is 5.20. The molecule has 0 saturated heterocycles. The van der Waals surface area contributed by atoms with Crippen LogP contribution in [0.25, 0.3) is 0 Å². The molecular formula is C13H18N4O. The number of hydrogen-bond acceptors (Lipinski definition) is 5. The van der Waals surface area contributed by atoms with Crippen LogP contribution in [0.3, 0.4) is 0 Å². The summed E-state index contributed by atoms with van der Waals surface area (Å²) in [5, 5.41) is 10.8. The third-order valence-electron chi connectivity index (χ3n) is 2.72. The third kappa shape index (κ3) is 3.56. The molecule has 1 atom stereocenters. The smallest absolute Gasteiger partial charge is 0.315 e. The van der Waals surface area contributed by atoms with Gasteiger partial charge in [-0.05, 0) is 25.3 Å². The third-order valence-corrected chi connectivity index (χ3v) is 2.72. The zero-order valence-electron chi connectivity index (χ0n) is 10.5. The van der Waals surface area contributed by atoms with Crippen molar-refractivity contribution in [1.82, 2.24) is 10.2 Å². The van der Waals surface area contributed by atoms with Gasteiger partial charge >= 0.3 is 6.01 Å². The summed E-state index contributed by atoms with van der Waals surface area (Å²) >= 11 is 0. The summed E-state index contributed by atoms with van der Waals surface area (Å²) in [7, 11) is 0. The van der Waals surface area contributed by atoms with Gasteiger partial charge in [-0.2, -0.15) is 0 Å². The molecule has 0 amide bonds. The lowest BCUT2D eigenvalue weighted by Crippen LogP contribution is -2.16. The van der Waals surface area contributed by atoms with E-state index in [4.69, 9.17) is 10.2 Å². The monoisotopic (exact) mass is 246 g/mol. The summed E-state index contributed by atoms with van der Waals surface area (Å²) in [6, 6.07) is 11.1. The van der Waals surface area contributed by atoms with Crippen LogP contribution in [-0.2, 0) is 13.0 Å². The van der Waals surface area contributed by atoms with Gasteiger partial charge in [0.2, 0.25) is 5.89 Å². The number of nitrogens with two attached hydrogens (primary N) is 1. The largest absolute Gasteiger partial charge is 0.407 e. The number of nitrogens with zero attached hydrogens (tertiary/aromatic N) is 2. The van der Waals surface area contributed by atoms with Crippen LogP contribution in [0.1, 0.15) is 24.8 Å². The SMILES string of the molecule is CC(CCc1ccccc1)Nc1nnc(CN)o1. The summed E-state index contributed by atoms with van der Waals surface area (Å²) in [6.07, 6.45) is 2.03. The van der Waals surface area contributed by atoms with Gasteiger partial charge in [-0.15, -0.1) is 5.10 Å². The molecule has 2 rings (SSSR count). The number of benzene rings is 1. The Hall–Kier alpha value is -1.88. The molecule has 96 valence electrons. The van der Waals surface area contributed by atoms with Crippen molar-refractivity contribution in [3.05, 3.63) is 41.8 Å². The van der Waals surface area contributed by atoms with E-state index in [1.807, 2.05) is 6.07 Å². The minimum absolute atomic E-state index is 0.271. The highest BCUT2D eigenvalue weighted by Gasteiger charge is 2.08. The molecular weight excluding hydrogens is 228 g/mol. The zero-order chi connectivity index (χ0) is 12.8. The maximum Gasteiger partial charge on any atom is 0.315 e. The van der Waals surface area contributed by atoms with E-state index in [-0.39, 0.29) is 12.6 Å². The van der Waals surface area contributed by atoms with Gasteiger partial charge in [0.15, 0.2) is 0 Å². The summed E-state index contributed by atoms with van der Waals surface area (Å²) in [5.41, 5.74) is 6.74. The lowest BCUT2D eigenvalue weighted by Gasteiger charge is -2.11. The van der Waals surface area contributed by atoms with Gasteiger partial charge in [0, 0.05) is 6.04 Å². The van der Waals surface area contributed by atoms with E-state index in [1.54, 1.807) is 0 Å². The van der Waals surface area contributed by atoms with Crippen molar-refractivity contribution in [3.8, 4) is 0 Å². The molecule has 1 unspecified atom stereocenters. The Balaban J connectivity index is 1.80. The molecule has 5 nitrogen and oxygen atoms in total. The Morgan fingerprint density at radius 3 is 2.72 bits per heavy atom. The summed E-state index contributed by atoms with van der Waals surface area (Å²) in [4.78, 5) is 0. The van der Waals surface area contributed by atoms with Gasteiger partial charge in [-0.25, -0.2) is 0 Å². The number of nitrogens with one attached hydrogen (secondary N) is 1. The van der Waals surface area contributed by atoms with Crippen LogP contribution in [0.5, 0.6) is 0 Å². The molecule has 0 fully saturated rings. The van der Waals surface area contributed by atoms with Crippen molar-refractivity contribution in [2.24, 2.45) is 5.73 Å². The highest BCUT2D eigenvalue weighted by atomic mass is 16.4. The van der Waals surface area contributed by atoms with Crippen LogP contribution in [0.2, 0.25) is 0 Å². The molecule has 3 N–H and O–H groups in total. The van der Waals surface area contributed by atoms with Crippen LogP contribution in [0.15, 0.2) is 34.7 Å². The number of aryl methyl sites for hydroxylation is 1. The second-order valence-electron chi connectivity index (χ2n) is 4.27. The van der Waals surface area contributed by atoms with Crippen molar-refractivity contribution in [3.63, 3.8) is 0 Å². The Kier molecular flexibility index (Phi) is 4.30. The molecule has 0 radical (unpaired) electrons. The molecule has 2 aromatic rings. The fourth-order valence-electron chi connectivity index (χ4n) is 1.71. The van der Waals surface area contributed by atoms with Gasteiger partial charge in [0.05, 0.1) is 6.54 Å². The van der Waals surface area contributed by atoms with Gasteiger partial charge in [-0.3, -0.25) is 0 Å². The van der Waals surface area contributed by atoms with E-state index in [0.717, 1.165) is 12.8 Å². The van der Waals surface area contributed by atoms with Crippen molar-refractivity contribution in [2.75, 3.05) is 5.32 Å². The van der Waals surface area contributed by atoms with Gasteiger partial charge in [0.25, 0.3) is 0 Å². The number of anilines is 1. The Morgan fingerprint density at radius 1 is 1.28 bits per heavy atom. The van der Waals surface area contributed by atoms with Crippen molar-refractivity contribution in [2.45, 2.75) is 32.4 Å². The second-order valence-corrected chi connectivity index (χ2v) is 4.27. The van der Waals surface area contributed by atoms with Crippen molar-refractivity contribution >= 4 is 6.01 Å². The fourth-order valence-corrected chi connectivity index (χ4v) is 1.71. The van der Waals surface area contributed by atoms with Crippen LogP contribution in [0.4, 0.5) is 6.01 Å². The fraction of sp³-hybridized carbons (Fsp3) is 0.385. The standard InChI is InChI=1S/C13H18N4O/c1-10(7-8-11-5-3-2-4-6-11)15-13-17-16-12(9-14)18-13/h2-6,10H,7-9,14H2,1H3,(H,15,17). The van der Waals surface area contributed by atoms with E-state index in [9.17, 15) is 0 Å². The molecule has 5 heteroatoms. The first-order valence-corrected chi connectivity index (χ1v) is 6.11. The molecule has 1 aromatic heterocycles. The summed E-state index contributed by atoms with van der Waals surface area (Å²) in [6.45, 7) is 2.36. The Morgan fingerprint density at radius 2 is 2.06 bits per heavy atom. The maximum atomic E-state index is 5.40. The molecule has 0 aliphatic heterocycles. The minimum atomic E-state index is 0.271. The zero-order valence-corrected chi connectivity index (χ0v) is 10.5. The predicted molar refractivity (Wildman–Crippen MR) is 70.0 cm³/mol. The highest BCUT2D eigenvalue weighted by Crippen LogP contribution is 2.10. The summed E-state index contributed by atoms with van der Waals surface area (Å²) in [5.74, 6) is 0.452. The van der Waals surface area contributed by atoms with E-state index in [0.29, 0.717) is 11.9 Å².